The maximum absolute atomic E-state index is 8.59. The minimum Gasteiger partial charge on any atom is -0.493 e. The van der Waals surface area contributed by atoms with E-state index in [1.54, 1.807) is 7.11 Å². The second kappa shape index (κ2) is 12.2. The molecule has 2 saturated heterocycles. The van der Waals surface area contributed by atoms with E-state index in [1.165, 1.54) is 0 Å². The lowest BCUT2D eigenvalue weighted by Gasteiger charge is -2.27. The summed E-state index contributed by atoms with van der Waals surface area (Å²) in [4.78, 5) is 14.1. The average Bonchev–Trinajstić information content (AvgIpc) is 2.94. The number of aromatic nitrogens is 2. The highest BCUT2D eigenvalue weighted by molar-refractivity contribution is 6.06. The van der Waals surface area contributed by atoms with Crippen LogP contribution in [-0.4, -0.2) is 93.7 Å². The fourth-order valence-corrected chi connectivity index (χ4v) is 4.52. The first-order valence-electron chi connectivity index (χ1n) is 12.9. The molecule has 1 aromatic heterocycles. The number of fused-ring (bicyclic) bond motifs is 1. The number of nitrogens with zero attached hydrogens (tertiary/aromatic N) is 4. The fourth-order valence-electron chi connectivity index (χ4n) is 4.52. The molecule has 0 atom stereocenters. The third kappa shape index (κ3) is 6.42. The molecule has 0 radical (unpaired) electrons. The first-order chi connectivity index (χ1) is 18.6. The van der Waals surface area contributed by atoms with Gasteiger partial charge in [-0.1, -0.05) is 12.1 Å². The van der Waals surface area contributed by atoms with E-state index in [0.717, 1.165) is 49.5 Å². The zero-order chi connectivity index (χ0) is 26.3. The van der Waals surface area contributed by atoms with Crippen molar-refractivity contribution < 1.29 is 18.9 Å². The van der Waals surface area contributed by atoms with Gasteiger partial charge in [0.1, 0.15) is 12.4 Å². The van der Waals surface area contributed by atoms with Gasteiger partial charge < -0.3 is 34.5 Å². The van der Waals surface area contributed by atoms with Crippen LogP contribution in [0.3, 0.4) is 0 Å². The second-order valence-corrected chi connectivity index (χ2v) is 9.29. The van der Waals surface area contributed by atoms with E-state index in [1.807, 2.05) is 43.3 Å². The summed E-state index contributed by atoms with van der Waals surface area (Å²) < 4.78 is 22.8. The van der Waals surface area contributed by atoms with E-state index in [-0.39, 0.29) is 5.96 Å². The summed E-state index contributed by atoms with van der Waals surface area (Å²) in [5.74, 6) is 2.41. The van der Waals surface area contributed by atoms with E-state index in [4.69, 9.17) is 34.3 Å². The van der Waals surface area contributed by atoms with Gasteiger partial charge >= 0.3 is 0 Å². The van der Waals surface area contributed by atoms with E-state index in [2.05, 4.69) is 20.4 Å². The van der Waals surface area contributed by atoms with Gasteiger partial charge in [0.15, 0.2) is 17.5 Å². The van der Waals surface area contributed by atoms with Crippen LogP contribution in [0.4, 0.5) is 17.5 Å². The van der Waals surface area contributed by atoms with Gasteiger partial charge in [-0.3, -0.25) is 10.3 Å². The normalized spacial score (nSPS) is 16.3. The smallest absolute Gasteiger partial charge is 0.228 e. The molecule has 11 nitrogen and oxygen atoms in total. The number of hydrogen-bond donors (Lipinski definition) is 3. The number of ether oxygens (including phenoxy) is 4. The van der Waals surface area contributed by atoms with Crippen molar-refractivity contribution in [2.24, 2.45) is 0 Å². The van der Waals surface area contributed by atoms with E-state index < -0.39 is 0 Å². The van der Waals surface area contributed by atoms with Crippen molar-refractivity contribution in [2.75, 3.05) is 88.4 Å². The Kier molecular flexibility index (Phi) is 8.37. The molecule has 202 valence electrons. The molecule has 2 aromatic carbocycles. The Balaban J connectivity index is 1.43. The van der Waals surface area contributed by atoms with Crippen LogP contribution in [-0.2, 0) is 9.47 Å². The van der Waals surface area contributed by atoms with Gasteiger partial charge in [0.2, 0.25) is 5.95 Å². The summed E-state index contributed by atoms with van der Waals surface area (Å²) in [6.07, 6.45) is 0. The zero-order valence-electron chi connectivity index (χ0n) is 22.0. The Morgan fingerprint density at radius 3 is 2.47 bits per heavy atom. The number of aryl methyl sites for hydroxylation is 1. The third-order valence-corrected chi connectivity index (χ3v) is 6.56. The number of hydrogen-bond acceptors (Lipinski definition) is 9. The van der Waals surface area contributed by atoms with Crippen molar-refractivity contribution in [1.29, 1.82) is 5.41 Å². The molecule has 0 aliphatic carbocycles. The van der Waals surface area contributed by atoms with Crippen LogP contribution >= 0.6 is 0 Å². The topological polar surface area (TPSA) is 117 Å². The quantitative estimate of drug-likeness (QED) is 0.302. The molecule has 3 heterocycles. The average molecular weight is 522 g/mol. The molecule has 0 amide bonds. The van der Waals surface area contributed by atoms with Gasteiger partial charge in [0, 0.05) is 49.9 Å². The highest BCUT2D eigenvalue weighted by Crippen LogP contribution is 2.35. The van der Waals surface area contributed by atoms with Crippen LogP contribution in [0.1, 0.15) is 5.56 Å². The van der Waals surface area contributed by atoms with Crippen molar-refractivity contribution >= 4 is 34.3 Å². The lowest BCUT2D eigenvalue weighted by Crippen LogP contribution is -2.38. The second-order valence-electron chi connectivity index (χ2n) is 9.29. The molecule has 0 bridgehead atoms. The van der Waals surface area contributed by atoms with Crippen LogP contribution in [0.25, 0.3) is 10.9 Å². The molecule has 5 rings (SSSR count). The van der Waals surface area contributed by atoms with E-state index in [0.29, 0.717) is 61.7 Å². The minimum absolute atomic E-state index is 0.106. The van der Waals surface area contributed by atoms with Gasteiger partial charge in [-0.05, 0) is 30.7 Å². The molecule has 3 N–H and O–H groups in total. The van der Waals surface area contributed by atoms with Crippen LogP contribution < -0.4 is 25.0 Å². The van der Waals surface area contributed by atoms with E-state index in [9.17, 15) is 0 Å². The molecule has 2 fully saturated rings. The lowest BCUT2D eigenvalue weighted by atomic mass is 10.2. The van der Waals surface area contributed by atoms with Gasteiger partial charge in [0.05, 0.1) is 39.1 Å². The number of rotatable bonds is 8. The maximum atomic E-state index is 8.59. The van der Waals surface area contributed by atoms with Crippen LogP contribution in [0.2, 0.25) is 0 Å². The monoisotopic (exact) mass is 521 g/mol. The SMILES string of the molecule is COc1cc2nc(N3CCOCC3)nc(NC(=N)Nc3cccc(C)c3)c2cc1OCCN1CCOCC1. The molecular weight excluding hydrogens is 486 g/mol. The number of nitrogens with one attached hydrogen (secondary N) is 3. The van der Waals surface area contributed by atoms with Crippen molar-refractivity contribution in [3.63, 3.8) is 0 Å². The predicted molar refractivity (Wildman–Crippen MR) is 148 cm³/mol. The van der Waals surface area contributed by atoms with Gasteiger partial charge in [-0.2, -0.15) is 4.98 Å². The Labute approximate surface area is 222 Å². The standard InChI is InChI=1S/C27H35N7O4/c1-19-4-3-5-20(16-19)29-26(28)31-25-21-17-24(38-15-8-33-6-11-36-12-7-33)23(35-2)18-22(21)30-27(32-25)34-9-13-37-14-10-34/h3-5,16-18H,6-15H2,1-2H3,(H3,28,29,30,31,32). The summed E-state index contributed by atoms with van der Waals surface area (Å²) in [5.41, 5.74) is 2.63. The molecule has 2 aliphatic heterocycles. The van der Waals surface area contributed by atoms with Crippen molar-refractivity contribution in [3.05, 3.63) is 42.0 Å². The summed E-state index contributed by atoms with van der Waals surface area (Å²) in [6.45, 7) is 9.27. The summed E-state index contributed by atoms with van der Waals surface area (Å²) in [7, 11) is 1.63. The molecule has 2 aliphatic rings. The number of anilines is 3. The fraction of sp³-hybridized carbons (Fsp3) is 0.444. The van der Waals surface area contributed by atoms with E-state index >= 15 is 0 Å². The Morgan fingerprint density at radius 2 is 1.74 bits per heavy atom. The first kappa shape index (κ1) is 26.0. The number of methoxy groups -OCH3 is 1. The summed E-state index contributed by atoms with van der Waals surface area (Å²) >= 11 is 0. The zero-order valence-corrected chi connectivity index (χ0v) is 22.0. The molecule has 0 saturated carbocycles. The minimum atomic E-state index is 0.106. The van der Waals surface area contributed by atoms with Crippen molar-refractivity contribution in [1.82, 2.24) is 14.9 Å². The Hall–Kier alpha value is -3.67. The molecule has 3 aromatic rings. The Morgan fingerprint density at radius 1 is 0.974 bits per heavy atom. The predicted octanol–water partition coefficient (Wildman–Crippen LogP) is 2.95. The highest BCUT2D eigenvalue weighted by atomic mass is 16.5. The first-order valence-corrected chi connectivity index (χ1v) is 12.9. The Bertz CT molecular complexity index is 1260. The molecule has 11 heteroatoms. The van der Waals surface area contributed by atoms with Crippen molar-refractivity contribution in [2.45, 2.75) is 6.92 Å². The molecule has 38 heavy (non-hydrogen) atoms. The van der Waals surface area contributed by atoms with Gasteiger partial charge in [0.25, 0.3) is 0 Å². The largest absolute Gasteiger partial charge is 0.493 e. The highest BCUT2D eigenvalue weighted by Gasteiger charge is 2.20. The number of benzene rings is 2. The number of guanidine groups is 1. The van der Waals surface area contributed by atoms with Crippen LogP contribution in [0, 0.1) is 12.3 Å². The van der Waals surface area contributed by atoms with Crippen LogP contribution in [0.15, 0.2) is 36.4 Å². The maximum Gasteiger partial charge on any atom is 0.228 e. The summed E-state index contributed by atoms with van der Waals surface area (Å²) in [6, 6.07) is 11.6. The van der Waals surface area contributed by atoms with Crippen LogP contribution in [0.5, 0.6) is 11.5 Å². The van der Waals surface area contributed by atoms with Gasteiger partial charge in [-0.15, -0.1) is 0 Å². The third-order valence-electron chi connectivity index (χ3n) is 6.56. The lowest BCUT2D eigenvalue weighted by molar-refractivity contribution is 0.0321. The molecular formula is C27H35N7O4. The summed E-state index contributed by atoms with van der Waals surface area (Å²) in [5, 5.41) is 15.6. The van der Waals surface area contributed by atoms with Crippen molar-refractivity contribution in [3.8, 4) is 11.5 Å². The molecule has 0 spiro atoms. The molecule has 0 unspecified atom stereocenters. The number of morpholine rings is 2. The van der Waals surface area contributed by atoms with Gasteiger partial charge in [-0.25, -0.2) is 4.98 Å².